The summed E-state index contributed by atoms with van der Waals surface area (Å²) in [6.45, 7) is 4.73. The van der Waals surface area contributed by atoms with Crippen molar-refractivity contribution in [2.24, 2.45) is 0 Å². The van der Waals surface area contributed by atoms with Crippen LogP contribution in [0.25, 0.3) is 0 Å². The molecule has 0 atom stereocenters. The second kappa shape index (κ2) is 12.8. The predicted molar refractivity (Wildman–Crippen MR) is 64.2 cm³/mol. The van der Waals surface area contributed by atoms with Crippen LogP contribution in [-0.4, -0.2) is 28.0 Å². The molecular weight excluding hydrogens is 407 g/mol. The summed E-state index contributed by atoms with van der Waals surface area (Å²) in [6, 6.07) is 1.75. The first kappa shape index (κ1) is 25.1. The molecule has 0 saturated heterocycles. The van der Waals surface area contributed by atoms with Crippen molar-refractivity contribution in [2.75, 3.05) is 0 Å². The molecule has 0 spiro atoms. The second-order valence-corrected chi connectivity index (χ2v) is 4.65. The van der Waals surface area contributed by atoms with E-state index in [0.29, 0.717) is 0 Å². The molecule has 1 heterocycles. The van der Waals surface area contributed by atoms with E-state index in [1.807, 2.05) is 18.7 Å². The number of nitrogens with zero attached hydrogens (tertiary/aromatic N) is 3. The van der Waals surface area contributed by atoms with Crippen LogP contribution in [0.4, 0.5) is 13.2 Å². The van der Waals surface area contributed by atoms with Gasteiger partial charge in [0.25, 0.3) is 0 Å². The van der Waals surface area contributed by atoms with Gasteiger partial charge in [0.15, 0.2) is 10.1 Å². The van der Waals surface area contributed by atoms with Crippen molar-refractivity contribution in [1.82, 2.24) is 9.55 Å². The summed E-state index contributed by atoms with van der Waals surface area (Å²) >= 11 is 0. The van der Waals surface area contributed by atoms with Gasteiger partial charge in [-0.2, -0.15) is 18.4 Å². The fourth-order valence-electron chi connectivity index (χ4n) is 0.760. The fraction of sp³-hybridized carbons (Fsp3) is 0.600. The number of aromatic nitrogens is 2. The van der Waals surface area contributed by atoms with Gasteiger partial charge in [-0.05, 0) is 6.42 Å². The number of hydrogen-bond donors (Lipinski definition) is 0. The maximum Gasteiger partial charge on any atom is 1.00 e. The number of aryl methyl sites for hydroxylation is 1. The van der Waals surface area contributed by atoms with E-state index in [4.69, 9.17) is 18.2 Å². The molecule has 1 aromatic rings. The summed E-state index contributed by atoms with van der Waals surface area (Å²) in [6.07, 6.45) is 8.16. The Hall–Kier alpha value is -0.860. The van der Waals surface area contributed by atoms with Gasteiger partial charge in [-0.15, -0.1) is 0 Å². The van der Waals surface area contributed by atoms with Crippen LogP contribution in [-0.2, 0) is 39.0 Å². The molecule has 0 aliphatic heterocycles. The third kappa shape index (κ3) is 15.3. The number of rotatable bonds is 3. The van der Waals surface area contributed by atoms with Crippen molar-refractivity contribution in [3.05, 3.63) is 18.7 Å². The van der Waals surface area contributed by atoms with E-state index in [1.165, 1.54) is 19.8 Å². The van der Waals surface area contributed by atoms with Gasteiger partial charge in [-0.1, -0.05) is 13.3 Å². The Morgan fingerprint density at radius 2 is 1.86 bits per heavy atom. The monoisotopic (exact) mass is 421 g/mol. The van der Waals surface area contributed by atoms with E-state index in [0.717, 1.165) is 6.54 Å². The normalized spacial score (nSPS) is 9.95. The average molecular weight is 422 g/mol. The first-order chi connectivity index (χ1) is 9.10. The standard InChI is InChI=1S/C7H12N2.C2H3N.CHF3O3S.Ag/c1-2-3-5-9-6-4-8-7-9;1-2-3;2-1(3,4)8(5,6)7;/h4,6-7H,2-3,5H2,1H3;1H3;(H,5,6,7);/q;;;+1/p-1. The number of halogens is 3. The van der Waals surface area contributed by atoms with Gasteiger partial charge in [0, 0.05) is 25.9 Å². The number of nitriles is 1. The molecule has 0 unspecified atom stereocenters. The quantitative estimate of drug-likeness (QED) is 0.423. The zero-order valence-corrected chi connectivity index (χ0v) is 13.6. The van der Waals surface area contributed by atoms with Gasteiger partial charge in [0.2, 0.25) is 0 Å². The van der Waals surface area contributed by atoms with Crippen LogP contribution in [0.1, 0.15) is 26.7 Å². The molecule has 126 valence electrons. The summed E-state index contributed by atoms with van der Waals surface area (Å²) in [4.78, 5) is 3.94. The van der Waals surface area contributed by atoms with Crippen LogP contribution >= 0.6 is 0 Å². The van der Waals surface area contributed by atoms with E-state index in [2.05, 4.69) is 16.5 Å². The topological polar surface area (TPSA) is 98.8 Å². The van der Waals surface area contributed by atoms with Gasteiger partial charge in [0.1, 0.15) is 0 Å². The maximum absolute atomic E-state index is 10.7. The maximum atomic E-state index is 10.7. The summed E-state index contributed by atoms with van der Waals surface area (Å²) in [5.74, 6) is 0. The largest absolute Gasteiger partial charge is 1.00 e. The van der Waals surface area contributed by atoms with E-state index in [1.54, 1.807) is 6.07 Å². The summed E-state index contributed by atoms with van der Waals surface area (Å²) in [7, 11) is -6.09. The summed E-state index contributed by atoms with van der Waals surface area (Å²) in [5, 5.41) is 7.32. The van der Waals surface area contributed by atoms with Crippen molar-refractivity contribution in [1.29, 1.82) is 5.26 Å². The van der Waals surface area contributed by atoms with Crippen molar-refractivity contribution in [3.63, 3.8) is 0 Å². The first-order valence-corrected chi connectivity index (χ1v) is 6.79. The van der Waals surface area contributed by atoms with E-state index < -0.39 is 15.6 Å². The molecule has 0 aliphatic carbocycles. The number of unbranched alkanes of at least 4 members (excludes halogenated alkanes) is 1. The zero-order chi connectivity index (χ0) is 16.2. The molecule has 0 amide bonds. The summed E-state index contributed by atoms with van der Waals surface area (Å²) < 4.78 is 61.0. The zero-order valence-electron chi connectivity index (χ0n) is 11.3. The predicted octanol–water partition coefficient (Wildman–Crippen LogP) is 2.26. The third-order valence-electron chi connectivity index (χ3n) is 1.61. The van der Waals surface area contributed by atoms with E-state index in [9.17, 15) is 13.2 Å². The van der Waals surface area contributed by atoms with E-state index >= 15 is 0 Å². The van der Waals surface area contributed by atoms with Crippen LogP contribution in [0.2, 0.25) is 0 Å². The van der Waals surface area contributed by atoms with Crippen molar-refractivity contribution < 1.29 is 48.5 Å². The molecule has 11 heteroatoms. The fourth-order valence-corrected chi connectivity index (χ4v) is 0.760. The van der Waals surface area contributed by atoms with Crippen molar-refractivity contribution >= 4 is 10.1 Å². The molecule has 1 aromatic heterocycles. The molecule has 1 rings (SSSR count). The second-order valence-electron chi connectivity index (χ2n) is 3.28. The van der Waals surface area contributed by atoms with Crippen molar-refractivity contribution in [2.45, 2.75) is 38.7 Å². The van der Waals surface area contributed by atoms with Crippen LogP contribution in [0, 0.1) is 11.3 Å². The Labute approximate surface area is 137 Å². The molecule has 6 nitrogen and oxygen atoms in total. The Morgan fingerprint density at radius 1 is 1.43 bits per heavy atom. The minimum absolute atomic E-state index is 0. The minimum Gasteiger partial charge on any atom is -0.741 e. The summed E-state index contributed by atoms with van der Waals surface area (Å²) in [5.41, 5.74) is -5.65. The Bertz CT molecular complexity index is 484. The molecular formula is C10H15AgF3N3O3S. The number of imidazole rings is 1. The molecule has 0 saturated carbocycles. The Balaban J connectivity index is -0.000000252. The SMILES string of the molecule is CC#N.CCCCn1ccnc1.O=S(=O)([O-])C(F)(F)F.[Ag+]. The molecule has 0 radical (unpaired) electrons. The molecule has 0 aromatic carbocycles. The number of alkyl halides is 3. The van der Waals surface area contributed by atoms with Gasteiger partial charge >= 0.3 is 27.9 Å². The Kier molecular flexibility index (Phi) is 15.4. The molecule has 0 aliphatic rings. The van der Waals surface area contributed by atoms with Crippen LogP contribution in [0.5, 0.6) is 0 Å². The van der Waals surface area contributed by atoms with Crippen LogP contribution < -0.4 is 0 Å². The molecule has 21 heavy (non-hydrogen) atoms. The third-order valence-corrected chi connectivity index (χ3v) is 2.18. The van der Waals surface area contributed by atoms with Gasteiger partial charge in [-0.3, -0.25) is 0 Å². The first-order valence-electron chi connectivity index (χ1n) is 5.38. The van der Waals surface area contributed by atoms with Crippen molar-refractivity contribution in [3.8, 4) is 6.07 Å². The van der Waals surface area contributed by atoms with Gasteiger partial charge in [-0.25, -0.2) is 13.4 Å². The molecule has 0 fully saturated rings. The minimum atomic E-state index is -6.09. The van der Waals surface area contributed by atoms with Gasteiger partial charge in [0.05, 0.1) is 12.4 Å². The molecule has 0 N–H and O–H groups in total. The van der Waals surface area contributed by atoms with Gasteiger partial charge < -0.3 is 9.12 Å². The Morgan fingerprint density at radius 3 is 2.10 bits per heavy atom. The van der Waals surface area contributed by atoms with Crippen LogP contribution in [0.15, 0.2) is 18.7 Å². The average Bonchev–Trinajstić information content (AvgIpc) is 2.78. The van der Waals surface area contributed by atoms with Crippen LogP contribution in [0.3, 0.4) is 0 Å². The number of hydrogen-bond acceptors (Lipinski definition) is 5. The smallest absolute Gasteiger partial charge is 0.741 e. The molecule has 0 bridgehead atoms. The van der Waals surface area contributed by atoms with E-state index in [-0.39, 0.29) is 22.4 Å².